The zero-order chi connectivity index (χ0) is 8.43. The van der Waals surface area contributed by atoms with Gasteiger partial charge in [-0.25, -0.2) is 0 Å². The average Bonchev–Trinajstić information content (AvgIpc) is 2.67. The maximum atomic E-state index is 5.46. The molecule has 0 aliphatic carbocycles. The van der Waals surface area contributed by atoms with E-state index in [-0.39, 0.29) is 0 Å². The van der Waals surface area contributed by atoms with Crippen molar-refractivity contribution in [3.05, 3.63) is 0 Å². The number of methoxy groups -OCH3 is 1. The van der Waals surface area contributed by atoms with Gasteiger partial charge in [-0.05, 0) is 11.8 Å². The highest BCUT2D eigenvalue weighted by molar-refractivity contribution is 4.89. The molecule has 0 N–H and O–H groups in total. The van der Waals surface area contributed by atoms with Crippen molar-refractivity contribution in [3.63, 3.8) is 0 Å². The normalized spacial score (nSPS) is 32.5. The Bertz CT molecular complexity index is 123. The summed E-state index contributed by atoms with van der Waals surface area (Å²) in [6.07, 6.45) is 0.826. The van der Waals surface area contributed by atoms with Gasteiger partial charge < -0.3 is 9.47 Å². The van der Waals surface area contributed by atoms with Crippen LogP contribution < -0.4 is 0 Å². The van der Waals surface area contributed by atoms with E-state index in [1.807, 2.05) is 0 Å². The molecule has 0 spiro atoms. The smallest absolute Gasteiger partial charge is 0.108 e. The van der Waals surface area contributed by atoms with Crippen LogP contribution >= 0.6 is 0 Å². The number of rotatable bonds is 4. The Morgan fingerprint density at radius 1 is 1.36 bits per heavy atom. The van der Waals surface area contributed by atoms with Crippen molar-refractivity contribution in [1.29, 1.82) is 0 Å². The summed E-state index contributed by atoms with van der Waals surface area (Å²) in [6, 6.07) is 0. The number of ether oxygens (including phenoxy) is 2. The summed E-state index contributed by atoms with van der Waals surface area (Å²) >= 11 is 0. The fourth-order valence-electron chi connectivity index (χ4n) is 1.30. The van der Waals surface area contributed by atoms with Crippen LogP contribution in [0.4, 0.5) is 0 Å². The Morgan fingerprint density at radius 2 is 2.00 bits per heavy atom. The molecule has 1 aliphatic heterocycles. The Kier molecular flexibility index (Phi) is 2.90. The van der Waals surface area contributed by atoms with E-state index >= 15 is 0 Å². The first-order valence-corrected chi connectivity index (χ1v) is 4.31. The lowest BCUT2D eigenvalue weighted by Gasteiger charge is -2.11. The molecule has 2 heteroatoms. The maximum Gasteiger partial charge on any atom is 0.108 e. The van der Waals surface area contributed by atoms with Gasteiger partial charge in [0.1, 0.15) is 6.10 Å². The van der Waals surface area contributed by atoms with E-state index in [4.69, 9.17) is 9.47 Å². The van der Waals surface area contributed by atoms with Crippen LogP contribution in [0.15, 0.2) is 0 Å². The summed E-state index contributed by atoms with van der Waals surface area (Å²) in [5.74, 6) is 1.37. The Labute approximate surface area is 68.9 Å². The summed E-state index contributed by atoms with van der Waals surface area (Å²) in [4.78, 5) is 0. The number of hydrogen-bond acceptors (Lipinski definition) is 2. The minimum Gasteiger partial charge on any atom is -0.382 e. The van der Waals surface area contributed by atoms with Crippen LogP contribution in [-0.2, 0) is 9.47 Å². The molecule has 1 fully saturated rings. The highest BCUT2D eigenvalue weighted by Crippen LogP contribution is 2.33. The molecule has 0 amide bonds. The van der Waals surface area contributed by atoms with Crippen molar-refractivity contribution >= 4 is 0 Å². The van der Waals surface area contributed by atoms with Gasteiger partial charge in [0.05, 0.1) is 12.7 Å². The first kappa shape index (κ1) is 9.01. The average molecular weight is 158 g/mol. The fraction of sp³-hybridized carbons (Fsp3) is 1.00. The summed E-state index contributed by atoms with van der Waals surface area (Å²) in [6.45, 7) is 7.46. The van der Waals surface area contributed by atoms with Gasteiger partial charge in [0.25, 0.3) is 0 Å². The molecule has 1 saturated heterocycles. The lowest BCUT2D eigenvalue weighted by Crippen LogP contribution is -2.15. The van der Waals surface area contributed by atoms with Crippen LogP contribution in [-0.4, -0.2) is 25.9 Å². The minimum absolute atomic E-state index is 0.373. The molecule has 3 atom stereocenters. The first-order valence-electron chi connectivity index (χ1n) is 4.31. The summed E-state index contributed by atoms with van der Waals surface area (Å²) in [5, 5.41) is 0. The zero-order valence-corrected chi connectivity index (χ0v) is 7.83. The molecule has 2 nitrogen and oxygen atoms in total. The van der Waals surface area contributed by atoms with E-state index in [2.05, 4.69) is 20.8 Å². The first-order chi connectivity index (χ1) is 5.16. The predicted molar refractivity (Wildman–Crippen MR) is 44.5 cm³/mol. The van der Waals surface area contributed by atoms with Gasteiger partial charge in [-0.1, -0.05) is 20.8 Å². The van der Waals surface area contributed by atoms with Crippen molar-refractivity contribution in [1.82, 2.24) is 0 Å². The molecule has 1 heterocycles. The van der Waals surface area contributed by atoms with E-state index < -0.39 is 0 Å². The lowest BCUT2D eigenvalue weighted by atomic mass is 9.93. The maximum absolute atomic E-state index is 5.46. The molecule has 1 aliphatic rings. The van der Waals surface area contributed by atoms with Crippen molar-refractivity contribution < 1.29 is 9.47 Å². The van der Waals surface area contributed by atoms with Gasteiger partial charge in [-0.3, -0.25) is 0 Å². The molecular formula is C9H18O2. The quantitative estimate of drug-likeness (QED) is 0.581. The minimum atomic E-state index is 0.373. The largest absolute Gasteiger partial charge is 0.382 e. The Morgan fingerprint density at radius 3 is 2.45 bits per heavy atom. The second-order valence-corrected chi connectivity index (χ2v) is 3.70. The van der Waals surface area contributed by atoms with Gasteiger partial charge in [0.15, 0.2) is 0 Å². The highest BCUT2D eigenvalue weighted by Gasteiger charge is 2.43. The third-order valence-corrected chi connectivity index (χ3v) is 2.52. The van der Waals surface area contributed by atoms with Crippen molar-refractivity contribution in [2.75, 3.05) is 13.7 Å². The van der Waals surface area contributed by atoms with Crippen LogP contribution in [0.2, 0.25) is 0 Å². The van der Waals surface area contributed by atoms with Gasteiger partial charge in [0.2, 0.25) is 0 Å². The van der Waals surface area contributed by atoms with Gasteiger partial charge >= 0.3 is 0 Å². The molecule has 66 valence electrons. The predicted octanol–water partition coefficient (Wildman–Crippen LogP) is 1.69. The fourth-order valence-corrected chi connectivity index (χ4v) is 1.30. The standard InChI is InChI=1S/C9H18O2/c1-6(2)7(3)9-8(11-9)5-10-4/h6-9H,5H2,1-4H3. The highest BCUT2D eigenvalue weighted by atomic mass is 16.6. The van der Waals surface area contributed by atoms with Gasteiger partial charge in [-0.15, -0.1) is 0 Å². The van der Waals surface area contributed by atoms with Crippen LogP contribution in [0.25, 0.3) is 0 Å². The lowest BCUT2D eigenvalue weighted by molar-refractivity contribution is 0.171. The summed E-state index contributed by atoms with van der Waals surface area (Å²) in [7, 11) is 1.72. The van der Waals surface area contributed by atoms with E-state index in [1.165, 1.54) is 0 Å². The van der Waals surface area contributed by atoms with E-state index in [1.54, 1.807) is 7.11 Å². The SMILES string of the molecule is COCC1OC1C(C)C(C)C. The van der Waals surface area contributed by atoms with Gasteiger partial charge in [0, 0.05) is 7.11 Å². The second-order valence-electron chi connectivity index (χ2n) is 3.70. The Hall–Kier alpha value is -0.0800. The number of epoxide rings is 1. The van der Waals surface area contributed by atoms with Crippen molar-refractivity contribution in [2.45, 2.75) is 33.0 Å². The molecule has 0 aromatic rings. The molecule has 0 radical (unpaired) electrons. The van der Waals surface area contributed by atoms with E-state index in [9.17, 15) is 0 Å². The van der Waals surface area contributed by atoms with E-state index in [0.717, 1.165) is 6.61 Å². The summed E-state index contributed by atoms with van der Waals surface area (Å²) < 4.78 is 10.5. The van der Waals surface area contributed by atoms with Crippen LogP contribution in [0.3, 0.4) is 0 Å². The molecule has 0 saturated carbocycles. The molecule has 1 rings (SSSR count). The molecule has 0 aromatic heterocycles. The van der Waals surface area contributed by atoms with Crippen molar-refractivity contribution in [2.24, 2.45) is 11.8 Å². The molecular weight excluding hydrogens is 140 g/mol. The van der Waals surface area contributed by atoms with E-state index in [0.29, 0.717) is 24.0 Å². The Balaban J connectivity index is 2.20. The molecule has 0 bridgehead atoms. The summed E-state index contributed by atoms with van der Waals surface area (Å²) in [5.41, 5.74) is 0. The third-order valence-electron chi connectivity index (χ3n) is 2.52. The molecule has 3 unspecified atom stereocenters. The van der Waals surface area contributed by atoms with Crippen LogP contribution in [0, 0.1) is 11.8 Å². The van der Waals surface area contributed by atoms with Crippen LogP contribution in [0.1, 0.15) is 20.8 Å². The third kappa shape index (κ3) is 2.17. The molecule has 0 aromatic carbocycles. The number of hydrogen-bond donors (Lipinski definition) is 0. The van der Waals surface area contributed by atoms with Crippen LogP contribution in [0.5, 0.6) is 0 Å². The molecule has 11 heavy (non-hydrogen) atoms. The van der Waals surface area contributed by atoms with Gasteiger partial charge in [-0.2, -0.15) is 0 Å². The topological polar surface area (TPSA) is 21.8 Å². The van der Waals surface area contributed by atoms with Crippen molar-refractivity contribution in [3.8, 4) is 0 Å². The second kappa shape index (κ2) is 3.55. The zero-order valence-electron chi connectivity index (χ0n) is 7.83. The monoisotopic (exact) mass is 158 g/mol.